The maximum Gasteiger partial charge on any atom is 0.119 e. The van der Waals surface area contributed by atoms with Gasteiger partial charge in [0.2, 0.25) is 0 Å². The molecule has 0 aliphatic heterocycles. The Morgan fingerprint density at radius 1 is 1.00 bits per heavy atom. The number of ether oxygens (including phenoxy) is 1. The van der Waals surface area contributed by atoms with E-state index in [1.807, 2.05) is 42.5 Å². The number of nitrogens with zero attached hydrogens (tertiary/aromatic N) is 1. The molecule has 2 atom stereocenters. The normalized spacial score (nSPS) is 17.3. The van der Waals surface area contributed by atoms with E-state index in [-0.39, 0.29) is 12.0 Å². The van der Waals surface area contributed by atoms with E-state index < -0.39 is 0 Å². The van der Waals surface area contributed by atoms with Crippen LogP contribution in [0, 0.1) is 17.2 Å². The molecule has 0 heterocycles. The minimum absolute atomic E-state index is 0.126. The van der Waals surface area contributed by atoms with E-state index in [9.17, 15) is 5.26 Å². The van der Waals surface area contributed by atoms with Gasteiger partial charge in [-0.1, -0.05) is 49.6 Å². The molecule has 0 radical (unpaired) electrons. The average molecular weight is 334 g/mol. The summed E-state index contributed by atoms with van der Waals surface area (Å²) in [4.78, 5) is 0. The molecule has 1 fully saturated rings. The molecule has 2 aromatic carbocycles. The standard InChI is InChI=1S/C22H26N2O/c1-25-20-14-12-19(13-15-20)24-22(18-10-6-3-7-11-18)21(16-23)17-8-4-2-5-9-17/h2,4-5,8-9,12-15,18,21-22,24H,3,6-7,10-11H2,1H3/t21?,22-/m1/s1. The van der Waals surface area contributed by atoms with Crippen LogP contribution in [0.4, 0.5) is 5.69 Å². The van der Waals surface area contributed by atoms with Gasteiger partial charge in [0.15, 0.2) is 0 Å². The molecular formula is C22H26N2O. The Morgan fingerprint density at radius 2 is 1.68 bits per heavy atom. The van der Waals surface area contributed by atoms with Crippen molar-refractivity contribution in [1.29, 1.82) is 5.26 Å². The molecule has 1 unspecified atom stereocenters. The van der Waals surface area contributed by atoms with Gasteiger partial charge >= 0.3 is 0 Å². The van der Waals surface area contributed by atoms with Gasteiger partial charge in [0, 0.05) is 11.7 Å². The third kappa shape index (κ3) is 4.33. The van der Waals surface area contributed by atoms with Gasteiger partial charge in [-0.15, -0.1) is 0 Å². The molecule has 0 spiro atoms. The van der Waals surface area contributed by atoms with Crippen molar-refractivity contribution >= 4 is 5.69 Å². The van der Waals surface area contributed by atoms with Gasteiger partial charge < -0.3 is 10.1 Å². The summed E-state index contributed by atoms with van der Waals surface area (Å²) in [5.74, 6) is 1.23. The molecule has 0 amide bonds. The lowest BCUT2D eigenvalue weighted by Gasteiger charge is -2.34. The second kappa shape index (κ2) is 8.58. The van der Waals surface area contributed by atoms with Gasteiger partial charge in [-0.05, 0) is 48.6 Å². The lowest BCUT2D eigenvalue weighted by Crippen LogP contribution is -2.36. The summed E-state index contributed by atoms with van der Waals surface area (Å²) in [6.45, 7) is 0. The van der Waals surface area contributed by atoms with Gasteiger partial charge in [0.1, 0.15) is 5.75 Å². The molecular weight excluding hydrogens is 308 g/mol. The number of methoxy groups -OCH3 is 1. The van der Waals surface area contributed by atoms with Crippen LogP contribution in [-0.4, -0.2) is 13.2 Å². The summed E-state index contributed by atoms with van der Waals surface area (Å²) in [5, 5.41) is 13.6. The molecule has 1 saturated carbocycles. The van der Waals surface area contributed by atoms with Crippen LogP contribution in [-0.2, 0) is 0 Å². The Hall–Kier alpha value is -2.47. The third-order valence-corrected chi connectivity index (χ3v) is 5.24. The molecule has 130 valence electrons. The highest BCUT2D eigenvalue weighted by molar-refractivity contribution is 5.48. The van der Waals surface area contributed by atoms with Gasteiger partial charge in [-0.2, -0.15) is 5.26 Å². The number of rotatable bonds is 6. The fraction of sp³-hybridized carbons (Fsp3) is 0.409. The van der Waals surface area contributed by atoms with Crippen LogP contribution in [0.25, 0.3) is 0 Å². The highest BCUT2D eigenvalue weighted by atomic mass is 16.5. The van der Waals surface area contributed by atoms with Crippen molar-refractivity contribution in [3.05, 3.63) is 60.2 Å². The predicted octanol–water partition coefficient (Wildman–Crippen LogP) is 5.36. The predicted molar refractivity (Wildman–Crippen MR) is 102 cm³/mol. The zero-order chi connectivity index (χ0) is 17.5. The summed E-state index contributed by atoms with van der Waals surface area (Å²) in [6, 6.07) is 20.9. The summed E-state index contributed by atoms with van der Waals surface area (Å²) < 4.78 is 5.25. The molecule has 3 rings (SSSR count). The average Bonchev–Trinajstić information content (AvgIpc) is 2.70. The molecule has 2 aromatic rings. The van der Waals surface area contributed by atoms with Crippen LogP contribution < -0.4 is 10.1 Å². The van der Waals surface area contributed by atoms with Crippen molar-refractivity contribution in [3.8, 4) is 11.8 Å². The number of hydrogen-bond donors (Lipinski definition) is 1. The van der Waals surface area contributed by atoms with E-state index in [1.54, 1.807) is 7.11 Å². The van der Waals surface area contributed by atoms with E-state index in [4.69, 9.17) is 4.74 Å². The number of benzene rings is 2. The number of nitriles is 1. The zero-order valence-electron chi connectivity index (χ0n) is 14.8. The third-order valence-electron chi connectivity index (χ3n) is 5.24. The number of anilines is 1. The quantitative estimate of drug-likeness (QED) is 0.773. The van der Waals surface area contributed by atoms with Crippen LogP contribution in [0.3, 0.4) is 0 Å². The van der Waals surface area contributed by atoms with Crippen molar-refractivity contribution in [2.45, 2.75) is 44.1 Å². The largest absolute Gasteiger partial charge is 0.497 e. The highest BCUT2D eigenvalue weighted by Crippen LogP contribution is 2.35. The van der Waals surface area contributed by atoms with Crippen LogP contribution >= 0.6 is 0 Å². The monoisotopic (exact) mass is 334 g/mol. The Bertz CT molecular complexity index is 684. The molecule has 1 N–H and O–H groups in total. The van der Waals surface area contributed by atoms with Crippen LogP contribution in [0.1, 0.15) is 43.6 Å². The molecule has 1 aliphatic rings. The second-order valence-electron chi connectivity index (χ2n) is 6.81. The Labute approximate surface area is 150 Å². The molecule has 0 bridgehead atoms. The van der Waals surface area contributed by atoms with E-state index in [2.05, 4.69) is 23.5 Å². The van der Waals surface area contributed by atoms with Gasteiger partial charge in [-0.25, -0.2) is 0 Å². The molecule has 25 heavy (non-hydrogen) atoms. The number of nitrogens with one attached hydrogen (secondary N) is 1. The summed E-state index contributed by atoms with van der Waals surface area (Å²) >= 11 is 0. The maximum atomic E-state index is 9.93. The van der Waals surface area contributed by atoms with Crippen molar-refractivity contribution in [1.82, 2.24) is 0 Å². The lowest BCUT2D eigenvalue weighted by molar-refractivity contribution is 0.306. The second-order valence-corrected chi connectivity index (χ2v) is 6.81. The first-order valence-corrected chi connectivity index (χ1v) is 9.17. The van der Waals surface area contributed by atoms with E-state index in [1.165, 1.54) is 32.1 Å². The van der Waals surface area contributed by atoms with Crippen molar-refractivity contribution in [3.63, 3.8) is 0 Å². The maximum absolute atomic E-state index is 9.93. The fourth-order valence-electron chi connectivity index (χ4n) is 3.87. The molecule has 3 heteroatoms. The first kappa shape index (κ1) is 17.4. The Balaban J connectivity index is 1.86. The Kier molecular flexibility index (Phi) is 5.95. The van der Waals surface area contributed by atoms with Gasteiger partial charge in [0.25, 0.3) is 0 Å². The molecule has 0 saturated heterocycles. The van der Waals surface area contributed by atoms with Crippen LogP contribution in [0.2, 0.25) is 0 Å². The first-order chi connectivity index (χ1) is 12.3. The minimum Gasteiger partial charge on any atom is -0.497 e. The van der Waals surface area contributed by atoms with Crippen LogP contribution in [0.15, 0.2) is 54.6 Å². The van der Waals surface area contributed by atoms with Crippen molar-refractivity contribution < 1.29 is 4.74 Å². The zero-order valence-corrected chi connectivity index (χ0v) is 14.8. The van der Waals surface area contributed by atoms with E-state index >= 15 is 0 Å². The smallest absolute Gasteiger partial charge is 0.119 e. The van der Waals surface area contributed by atoms with Gasteiger partial charge in [0.05, 0.1) is 19.1 Å². The Morgan fingerprint density at radius 3 is 2.28 bits per heavy atom. The van der Waals surface area contributed by atoms with Crippen molar-refractivity contribution in [2.24, 2.45) is 5.92 Å². The summed E-state index contributed by atoms with van der Waals surface area (Å²) in [5.41, 5.74) is 2.15. The van der Waals surface area contributed by atoms with Crippen molar-refractivity contribution in [2.75, 3.05) is 12.4 Å². The topological polar surface area (TPSA) is 45.0 Å². The van der Waals surface area contributed by atoms with E-state index in [0.717, 1.165) is 17.0 Å². The highest BCUT2D eigenvalue weighted by Gasteiger charge is 2.31. The SMILES string of the molecule is COc1ccc(N[C@H](C2CCCCC2)C(C#N)c2ccccc2)cc1. The summed E-state index contributed by atoms with van der Waals surface area (Å²) in [6.07, 6.45) is 6.22. The molecule has 3 nitrogen and oxygen atoms in total. The van der Waals surface area contributed by atoms with Gasteiger partial charge in [-0.3, -0.25) is 0 Å². The lowest BCUT2D eigenvalue weighted by atomic mass is 9.77. The fourth-order valence-corrected chi connectivity index (χ4v) is 3.87. The molecule has 1 aliphatic carbocycles. The summed E-state index contributed by atoms with van der Waals surface area (Å²) in [7, 11) is 1.67. The van der Waals surface area contributed by atoms with E-state index in [0.29, 0.717) is 5.92 Å². The first-order valence-electron chi connectivity index (χ1n) is 9.17. The minimum atomic E-state index is -0.147. The molecule has 0 aromatic heterocycles. The number of hydrogen-bond acceptors (Lipinski definition) is 3. The van der Waals surface area contributed by atoms with Crippen LogP contribution in [0.5, 0.6) is 5.75 Å².